The average molecular weight is 246 g/mol. The predicted octanol–water partition coefficient (Wildman–Crippen LogP) is 2.18. The summed E-state index contributed by atoms with van der Waals surface area (Å²) < 4.78 is 0. The highest BCUT2D eigenvalue weighted by molar-refractivity contribution is 5.66. The zero-order valence-electron chi connectivity index (χ0n) is 10.8. The first kappa shape index (κ1) is 16.4. The van der Waals surface area contributed by atoms with Crippen molar-refractivity contribution >= 4 is 5.97 Å². The number of hydrogen-bond donors (Lipinski definition) is 3. The van der Waals surface area contributed by atoms with Crippen molar-refractivity contribution in [1.82, 2.24) is 0 Å². The first-order chi connectivity index (χ1) is 8.10. The largest absolute Gasteiger partial charge is 0.481 e. The van der Waals surface area contributed by atoms with Crippen LogP contribution in [0.1, 0.15) is 58.3 Å². The number of aliphatic hydroxyl groups excluding tert-OH is 2. The van der Waals surface area contributed by atoms with E-state index in [-0.39, 0.29) is 18.9 Å². The summed E-state index contributed by atoms with van der Waals surface area (Å²) in [5.74, 6) is -0.843. The van der Waals surface area contributed by atoms with E-state index in [4.69, 9.17) is 10.2 Å². The molecule has 0 aromatic rings. The summed E-state index contributed by atoms with van der Waals surface area (Å²) >= 11 is 0. The van der Waals surface area contributed by atoms with Gasteiger partial charge >= 0.3 is 5.97 Å². The number of unbranched alkanes of at least 4 members (excludes halogenated alkanes) is 4. The molecule has 0 rings (SSSR count). The van der Waals surface area contributed by atoms with Crippen molar-refractivity contribution in [2.75, 3.05) is 6.61 Å². The van der Waals surface area contributed by atoms with Crippen LogP contribution in [-0.2, 0) is 4.79 Å². The van der Waals surface area contributed by atoms with Crippen LogP contribution in [0, 0.1) is 5.92 Å². The third-order valence-electron chi connectivity index (χ3n) is 3.00. The van der Waals surface area contributed by atoms with Gasteiger partial charge in [0.2, 0.25) is 0 Å². The van der Waals surface area contributed by atoms with E-state index >= 15 is 0 Å². The van der Waals surface area contributed by atoms with E-state index in [9.17, 15) is 9.90 Å². The molecule has 0 radical (unpaired) electrons. The molecular formula is C13H26O4. The standard InChI is InChI=1S/C13H26O4/c1-2-3-4-5-6-7-11(9-13(16)17)8-12(15)10-14/h11-12,14-15H,2-10H2,1H3,(H,16,17). The summed E-state index contributed by atoms with van der Waals surface area (Å²) in [6.45, 7) is 1.87. The van der Waals surface area contributed by atoms with Gasteiger partial charge in [-0.2, -0.15) is 0 Å². The Morgan fingerprint density at radius 2 is 1.82 bits per heavy atom. The number of aliphatic hydroxyl groups is 2. The summed E-state index contributed by atoms with van der Waals surface area (Å²) in [6.07, 6.45) is 6.27. The SMILES string of the molecule is CCCCCCCC(CC(=O)O)CC(O)CO. The Balaban J connectivity index is 3.80. The van der Waals surface area contributed by atoms with E-state index in [1.165, 1.54) is 19.3 Å². The lowest BCUT2D eigenvalue weighted by Gasteiger charge is -2.17. The number of rotatable bonds is 11. The van der Waals surface area contributed by atoms with Gasteiger partial charge in [-0.25, -0.2) is 0 Å². The van der Waals surface area contributed by atoms with Gasteiger partial charge < -0.3 is 15.3 Å². The van der Waals surface area contributed by atoms with Crippen molar-refractivity contribution in [3.05, 3.63) is 0 Å². The van der Waals surface area contributed by atoms with Gasteiger partial charge in [0.05, 0.1) is 12.7 Å². The molecule has 0 amide bonds. The lowest BCUT2D eigenvalue weighted by atomic mass is 9.92. The van der Waals surface area contributed by atoms with E-state index in [1.807, 2.05) is 0 Å². The summed E-state index contributed by atoms with van der Waals surface area (Å²) in [7, 11) is 0. The highest BCUT2D eigenvalue weighted by Crippen LogP contribution is 2.20. The lowest BCUT2D eigenvalue weighted by Crippen LogP contribution is -2.19. The number of aliphatic carboxylic acids is 1. The normalized spacial score (nSPS) is 14.5. The Morgan fingerprint density at radius 3 is 2.35 bits per heavy atom. The van der Waals surface area contributed by atoms with Crippen molar-refractivity contribution in [1.29, 1.82) is 0 Å². The summed E-state index contributed by atoms with van der Waals surface area (Å²) in [6, 6.07) is 0. The molecule has 17 heavy (non-hydrogen) atoms. The molecule has 4 heteroatoms. The molecule has 2 unspecified atom stereocenters. The van der Waals surface area contributed by atoms with Crippen molar-refractivity contribution in [2.45, 2.75) is 64.4 Å². The molecule has 0 fully saturated rings. The fraction of sp³-hybridized carbons (Fsp3) is 0.923. The van der Waals surface area contributed by atoms with E-state index in [0.717, 1.165) is 19.3 Å². The maximum Gasteiger partial charge on any atom is 0.303 e. The van der Waals surface area contributed by atoms with Crippen LogP contribution >= 0.6 is 0 Å². The van der Waals surface area contributed by atoms with Gasteiger partial charge in [0.1, 0.15) is 0 Å². The average Bonchev–Trinajstić information content (AvgIpc) is 2.27. The smallest absolute Gasteiger partial charge is 0.303 e. The third kappa shape index (κ3) is 10.3. The van der Waals surface area contributed by atoms with Gasteiger partial charge in [-0.1, -0.05) is 39.0 Å². The van der Waals surface area contributed by atoms with Crippen LogP contribution in [0.4, 0.5) is 0 Å². The molecule has 2 atom stereocenters. The third-order valence-corrected chi connectivity index (χ3v) is 3.00. The predicted molar refractivity (Wildman–Crippen MR) is 66.8 cm³/mol. The molecule has 0 saturated heterocycles. The molecule has 102 valence electrons. The van der Waals surface area contributed by atoms with Crippen LogP contribution in [0.15, 0.2) is 0 Å². The van der Waals surface area contributed by atoms with Gasteiger partial charge in [0, 0.05) is 6.42 Å². The molecular weight excluding hydrogens is 220 g/mol. The van der Waals surface area contributed by atoms with Crippen LogP contribution in [-0.4, -0.2) is 34.0 Å². The Morgan fingerprint density at radius 1 is 1.18 bits per heavy atom. The minimum absolute atomic E-state index is 0.0173. The summed E-state index contributed by atoms with van der Waals surface area (Å²) in [5, 5.41) is 26.9. The maximum atomic E-state index is 10.7. The number of carbonyl (C=O) groups is 1. The van der Waals surface area contributed by atoms with Gasteiger partial charge in [-0.05, 0) is 18.8 Å². The fourth-order valence-electron chi connectivity index (χ4n) is 2.05. The summed E-state index contributed by atoms with van der Waals surface area (Å²) in [5.41, 5.74) is 0. The fourth-order valence-corrected chi connectivity index (χ4v) is 2.05. The Bertz CT molecular complexity index is 194. The second-order valence-electron chi connectivity index (χ2n) is 4.74. The molecule has 0 aliphatic heterocycles. The van der Waals surface area contributed by atoms with Crippen molar-refractivity contribution < 1.29 is 20.1 Å². The number of carboxylic acid groups (broad SMARTS) is 1. The molecule has 4 nitrogen and oxygen atoms in total. The van der Waals surface area contributed by atoms with Crippen molar-refractivity contribution in [3.8, 4) is 0 Å². The minimum atomic E-state index is -0.825. The highest BCUT2D eigenvalue weighted by atomic mass is 16.4. The first-order valence-electron chi connectivity index (χ1n) is 6.60. The Hall–Kier alpha value is -0.610. The molecule has 0 spiro atoms. The molecule has 0 aromatic carbocycles. The monoisotopic (exact) mass is 246 g/mol. The second kappa shape index (κ2) is 10.5. The van der Waals surface area contributed by atoms with Crippen LogP contribution < -0.4 is 0 Å². The highest BCUT2D eigenvalue weighted by Gasteiger charge is 2.16. The van der Waals surface area contributed by atoms with Gasteiger partial charge in [0.25, 0.3) is 0 Å². The van der Waals surface area contributed by atoms with E-state index in [0.29, 0.717) is 6.42 Å². The van der Waals surface area contributed by atoms with E-state index in [1.54, 1.807) is 0 Å². The van der Waals surface area contributed by atoms with Crippen LogP contribution in [0.3, 0.4) is 0 Å². The molecule has 0 aliphatic carbocycles. The van der Waals surface area contributed by atoms with E-state index in [2.05, 4.69) is 6.92 Å². The van der Waals surface area contributed by atoms with E-state index < -0.39 is 12.1 Å². The van der Waals surface area contributed by atoms with Gasteiger partial charge in [-0.3, -0.25) is 4.79 Å². The molecule has 0 aromatic heterocycles. The zero-order valence-corrected chi connectivity index (χ0v) is 10.8. The Kier molecular flexibility index (Phi) is 10.2. The molecule has 0 saturated carbocycles. The van der Waals surface area contributed by atoms with Gasteiger partial charge in [-0.15, -0.1) is 0 Å². The van der Waals surface area contributed by atoms with Gasteiger partial charge in [0.15, 0.2) is 0 Å². The van der Waals surface area contributed by atoms with Crippen molar-refractivity contribution in [2.24, 2.45) is 5.92 Å². The molecule has 0 heterocycles. The molecule has 0 bridgehead atoms. The maximum absolute atomic E-state index is 10.7. The summed E-state index contributed by atoms with van der Waals surface area (Å²) in [4.78, 5) is 10.7. The van der Waals surface area contributed by atoms with Crippen LogP contribution in [0.5, 0.6) is 0 Å². The minimum Gasteiger partial charge on any atom is -0.481 e. The van der Waals surface area contributed by atoms with Crippen molar-refractivity contribution in [3.63, 3.8) is 0 Å². The number of carboxylic acids is 1. The topological polar surface area (TPSA) is 77.8 Å². The zero-order chi connectivity index (χ0) is 13.1. The lowest BCUT2D eigenvalue weighted by molar-refractivity contribution is -0.138. The first-order valence-corrected chi connectivity index (χ1v) is 6.60. The van der Waals surface area contributed by atoms with Crippen LogP contribution in [0.2, 0.25) is 0 Å². The molecule has 3 N–H and O–H groups in total. The quantitative estimate of drug-likeness (QED) is 0.488. The second-order valence-corrected chi connectivity index (χ2v) is 4.74. The molecule has 0 aliphatic rings. The Labute approximate surface area is 104 Å². The van der Waals surface area contributed by atoms with Crippen LogP contribution in [0.25, 0.3) is 0 Å². The number of hydrogen-bond acceptors (Lipinski definition) is 3.